The van der Waals surface area contributed by atoms with Crippen LogP contribution < -0.4 is 4.90 Å². The number of carbonyl (C=O) groups is 1. The van der Waals surface area contributed by atoms with Gasteiger partial charge in [0.2, 0.25) is 0 Å². The summed E-state index contributed by atoms with van der Waals surface area (Å²) in [6.07, 6.45) is 2.32. The molecule has 98 valence electrons. The van der Waals surface area contributed by atoms with Gasteiger partial charge in [-0.15, -0.1) is 0 Å². The van der Waals surface area contributed by atoms with Gasteiger partial charge in [0.05, 0.1) is 0 Å². The van der Waals surface area contributed by atoms with Gasteiger partial charge in [-0.25, -0.2) is 0 Å². The SMILES string of the molecule is CC(N(CC(=O)O)c1cccc(Cl)c1)C1(C)CC1. The second kappa shape index (κ2) is 4.81. The quantitative estimate of drug-likeness (QED) is 0.889. The third kappa shape index (κ3) is 2.78. The van der Waals surface area contributed by atoms with Crippen molar-refractivity contribution in [2.75, 3.05) is 11.4 Å². The molecule has 1 aromatic carbocycles. The van der Waals surface area contributed by atoms with Gasteiger partial charge in [-0.1, -0.05) is 24.6 Å². The molecular weight excluding hydrogens is 250 g/mol. The molecule has 18 heavy (non-hydrogen) atoms. The number of carboxylic acids is 1. The van der Waals surface area contributed by atoms with Gasteiger partial charge in [0.15, 0.2) is 0 Å². The average Bonchev–Trinajstić information content (AvgIpc) is 3.04. The number of hydrogen-bond acceptors (Lipinski definition) is 2. The summed E-state index contributed by atoms with van der Waals surface area (Å²) in [5, 5.41) is 9.71. The first-order chi connectivity index (χ1) is 8.42. The molecule has 0 heterocycles. The summed E-state index contributed by atoms with van der Waals surface area (Å²) in [5.74, 6) is -0.814. The van der Waals surface area contributed by atoms with Crippen molar-refractivity contribution in [1.82, 2.24) is 0 Å². The van der Waals surface area contributed by atoms with Gasteiger partial charge in [0.25, 0.3) is 0 Å². The van der Waals surface area contributed by atoms with Crippen molar-refractivity contribution in [3.8, 4) is 0 Å². The molecular formula is C14H18ClNO2. The Hall–Kier alpha value is -1.22. The van der Waals surface area contributed by atoms with E-state index in [9.17, 15) is 4.79 Å². The summed E-state index contributed by atoms with van der Waals surface area (Å²) >= 11 is 5.99. The molecule has 3 nitrogen and oxygen atoms in total. The van der Waals surface area contributed by atoms with Gasteiger partial charge in [-0.2, -0.15) is 0 Å². The number of nitrogens with zero attached hydrogens (tertiary/aromatic N) is 1. The van der Waals surface area contributed by atoms with Gasteiger partial charge in [0, 0.05) is 16.8 Å². The van der Waals surface area contributed by atoms with E-state index in [4.69, 9.17) is 16.7 Å². The lowest BCUT2D eigenvalue weighted by Gasteiger charge is -2.34. The molecule has 0 aromatic heterocycles. The summed E-state index contributed by atoms with van der Waals surface area (Å²) in [6.45, 7) is 4.31. The highest BCUT2D eigenvalue weighted by Gasteiger charge is 2.45. The Kier molecular flexibility index (Phi) is 3.53. The number of benzene rings is 1. The van der Waals surface area contributed by atoms with E-state index in [1.54, 1.807) is 6.07 Å². The molecule has 0 aliphatic heterocycles. The van der Waals surface area contributed by atoms with Crippen LogP contribution in [0.15, 0.2) is 24.3 Å². The van der Waals surface area contributed by atoms with Crippen LogP contribution in [-0.4, -0.2) is 23.7 Å². The zero-order valence-electron chi connectivity index (χ0n) is 10.7. The fraction of sp³-hybridized carbons (Fsp3) is 0.500. The van der Waals surface area contributed by atoms with Crippen molar-refractivity contribution in [3.63, 3.8) is 0 Å². The maximum Gasteiger partial charge on any atom is 0.323 e. The lowest BCUT2D eigenvalue weighted by molar-refractivity contribution is -0.135. The van der Waals surface area contributed by atoms with Crippen LogP contribution in [0.5, 0.6) is 0 Å². The van der Waals surface area contributed by atoms with Crippen molar-refractivity contribution in [2.45, 2.75) is 32.7 Å². The minimum absolute atomic E-state index is 0.0110. The number of aliphatic carboxylic acids is 1. The molecule has 1 atom stereocenters. The Morgan fingerprint density at radius 2 is 2.22 bits per heavy atom. The van der Waals surface area contributed by atoms with Gasteiger partial charge in [-0.05, 0) is 43.4 Å². The predicted octanol–water partition coefficient (Wildman–Crippen LogP) is 3.42. The number of rotatable bonds is 5. The molecule has 1 fully saturated rings. The molecule has 4 heteroatoms. The molecule has 1 saturated carbocycles. The second-order valence-electron chi connectivity index (χ2n) is 5.33. The molecule has 1 N–H and O–H groups in total. The monoisotopic (exact) mass is 267 g/mol. The van der Waals surface area contributed by atoms with E-state index >= 15 is 0 Å². The van der Waals surface area contributed by atoms with E-state index < -0.39 is 5.97 Å². The molecule has 0 spiro atoms. The largest absolute Gasteiger partial charge is 0.480 e. The third-order valence-electron chi connectivity index (χ3n) is 3.96. The van der Waals surface area contributed by atoms with E-state index in [0.717, 1.165) is 18.5 Å². The van der Waals surface area contributed by atoms with Crippen molar-refractivity contribution in [1.29, 1.82) is 0 Å². The van der Waals surface area contributed by atoms with Gasteiger partial charge in [0.1, 0.15) is 6.54 Å². The van der Waals surface area contributed by atoms with Crippen LogP contribution >= 0.6 is 11.6 Å². The lowest BCUT2D eigenvalue weighted by Crippen LogP contribution is -2.42. The fourth-order valence-corrected chi connectivity index (χ4v) is 2.43. The summed E-state index contributed by atoms with van der Waals surface area (Å²) < 4.78 is 0. The molecule has 1 unspecified atom stereocenters. The van der Waals surface area contributed by atoms with Gasteiger partial charge < -0.3 is 10.0 Å². The van der Waals surface area contributed by atoms with E-state index in [1.807, 2.05) is 23.1 Å². The third-order valence-corrected chi connectivity index (χ3v) is 4.20. The Morgan fingerprint density at radius 1 is 1.56 bits per heavy atom. The fourth-order valence-electron chi connectivity index (χ4n) is 2.24. The molecule has 1 aliphatic rings. The zero-order valence-corrected chi connectivity index (χ0v) is 11.4. The molecule has 0 bridgehead atoms. The highest BCUT2D eigenvalue weighted by molar-refractivity contribution is 6.30. The predicted molar refractivity (Wildman–Crippen MR) is 73.2 cm³/mol. The summed E-state index contributed by atoms with van der Waals surface area (Å²) in [5.41, 5.74) is 1.11. The standard InChI is InChI=1S/C14H18ClNO2/c1-10(14(2)6-7-14)16(9-13(17)18)12-5-3-4-11(15)8-12/h3-5,8,10H,6-7,9H2,1-2H3,(H,17,18). The van der Waals surface area contributed by atoms with Crippen molar-refractivity contribution >= 4 is 23.3 Å². The maximum atomic E-state index is 11.0. The topological polar surface area (TPSA) is 40.5 Å². The smallest absolute Gasteiger partial charge is 0.323 e. The number of hydrogen-bond donors (Lipinski definition) is 1. The van der Waals surface area contributed by atoms with Crippen LogP contribution in [-0.2, 0) is 4.79 Å². The number of halogens is 1. The Labute approximate surface area is 112 Å². The van der Waals surface area contributed by atoms with Crippen LogP contribution in [0.2, 0.25) is 5.02 Å². The number of carboxylic acid groups (broad SMARTS) is 1. The van der Waals surface area contributed by atoms with Gasteiger partial charge in [-0.3, -0.25) is 4.79 Å². The van der Waals surface area contributed by atoms with Crippen LogP contribution in [0.25, 0.3) is 0 Å². The highest BCUT2D eigenvalue weighted by atomic mass is 35.5. The lowest BCUT2D eigenvalue weighted by atomic mass is 9.98. The first kappa shape index (κ1) is 13.2. The summed E-state index contributed by atoms with van der Waals surface area (Å²) in [7, 11) is 0. The average molecular weight is 268 g/mol. The normalized spacial score (nSPS) is 18.2. The van der Waals surface area contributed by atoms with E-state index in [-0.39, 0.29) is 18.0 Å². The van der Waals surface area contributed by atoms with Crippen molar-refractivity contribution in [2.24, 2.45) is 5.41 Å². The summed E-state index contributed by atoms with van der Waals surface area (Å²) in [4.78, 5) is 13.0. The molecule has 0 amide bonds. The molecule has 0 saturated heterocycles. The highest BCUT2D eigenvalue weighted by Crippen LogP contribution is 2.50. The second-order valence-corrected chi connectivity index (χ2v) is 5.77. The first-order valence-corrected chi connectivity index (χ1v) is 6.54. The Bertz CT molecular complexity index is 457. The minimum atomic E-state index is -0.814. The molecule has 1 aromatic rings. The van der Waals surface area contributed by atoms with Gasteiger partial charge >= 0.3 is 5.97 Å². The van der Waals surface area contributed by atoms with E-state index in [0.29, 0.717) is 5.02 Å². The zero-order chi connectivity index (χ0) is 13.3. The van der Waals surface area contributed by atoms with Crippen LogP contribution in [0.1, 0.15) is 26.7 Å². The van der Waals surface area contributed by atoms with Crippen LogP contribution in [0, 0.1) is 5.41 Å². The van der Waals surface area contributed by atoms with Crippen molar-refractivity contribution in [3.05, 3.63) is 29.3 Å². The molecule has 0 radical (unpaired) electrons. The Balaban J connectivity index is 2.27. The van der Waals surface area contributed by atoms with Crippen LogP contribution in [0.3, 0.4) is 0 Å². The maximum absolute atomic E-state index is 11.0. The van der Waals surface area contributed by atoms with E-state index in [2.05, 4.69) is 13.8 Å². The molecule has 2 rings (SSSR count). The van der Waals surface area contributed by atoms with Crippen molar-refractivity contribution < 1.29 is 9.90 Å². The van der Waals surface area contributed by atoms with Crippen LogP contribution in [0.4, 0.5) is 5.69 Å². The van der Waals surface area contributed by atoms with E-state index in [1.165, 1.54) is 0 Å². The first-order valence-electron chi connectivity index (χ1n) is 6.16. The molecule has 1 aliphatic carbocycles. The Morgan fingerprint density at radius 3 is 2.72 bits per heavy atom. The summed E-state index contributed by atoms with van der Waals surface area (Å²) in [6, 6.07) is 7.60. The number of anilines is 1. The minimum Gasteiger partial charge on any atom is -0.480 e.